The summed E-state index contributed by atoms with van der Waals surface area (Å²) in [5.41, 5.74) is 4.54. The van der Waals surface area contributed by atoms with E-state index in [9.17, 15) is 4.79 Å². The molecule has 3 heterocycles. The molecular weight excluding hydrogens is 288 g/mol. The predicted molar refractivity (Wildman–Crippen MR) is 88.1 cm³/mol. The summed E-state index contributed by atoms with van der Waals surface area (Å²) < 4.78 is 2.00. The molecule has 23 heavy (non-hydrogen) atoms. The van der Waals surface area contributed by atoms with Gasteiger partial charge in [0.1, 0.15) is 11.8 Å². The van der Waals surface area contributed by atoms with Gasteiger partial charge in [0.25, 0.3) is 0 Å². The van der Waals surface area contributed by atoms with Crippen LogP contribution in [0, 0.1) is 0 Å². The number of fused-ring (bicyclic) bond motifs is 2. The molecule has 0 amide bonds. The van der Waals surface area contributed by atoms with Crippen molar-refractivity contribution in [3.8, 4) is 0 Å². The van der Waals surface area contributed by atoms with E-state index in [1.54, 1.807) is 12.5 Å². The minimum atomic E-state index is 0.322. The number of rotatable bonds is 4. The molecule has 5 nitrogen and oxygen atoms in total. The number of pyridine rings is 2. The van der Waals surface area contributed by atoms with Crippen LogP contribution >= 0.6 is 0 Å². The number of hydrogen-bond donors (Lipinski definition) is 0. The Morgan fingerprint density at radius 3 is 2.87 bits per heavy atom. The number of carbonyl (C=O) groups excluding carboxylic acids is 1. The Hall–Kier alpha value is -3.08. The fraction of sp³-hybridized carbons (Fsp3) is 0.111. The van der Waals surface area contributed by atoms with Gasteiger partial charge >= 0.3 is 0 Å². The van der Waals surface area contributed by atoms with Crippen LogP contribution in [0.1, 0.15) is 11.3 Å². The fourth-order valence-electron chi connectivity index (χ4n) is 2.71. The standard InChI is InChI=1S/C18H14N4O/c23-9-7-15-4-6-17-18(21-15)22(12-20-17)11-13-3-5-16-14(10-13)2-1-8-19-16/h1-6,8-10,12H,7,11H2. The average Bonchev–Trinajstić information content (AvgIpc) is 2.97. The van der Waals surface area contributed by atoms with E-state index in [0.29, 0.717) is 13.0 Å². The Morgan fingerprint density at radius 1 is 1.04 bits per heavy atom. The Bertz CT molecular complexity index is 1010. The van der Waals surface area contributed by atoms with Crippen LogP contribution in [0.3, 0.4) is 0 Å². The van der Waals surface area contributed by atoms with E-state index in [4.69, 9.17) is 0 Å². The largest absolute Gasteiger partial charge is 0.311 e. The summed E-state index contributed by atoms with van der Waals surface area (Å²) in [6.07, 6.45) is 4.77. The van der Waals surface area contributed by atoms with Gasteiger partial charge in [-0.3, -0.25) is 4.98 Å². The first kappa shape index (κ1) is 13.6. The lowest BCUT2D eigenvalue weighted by atomic mass is 10.1. The molecule has 0 fully saturated rings. The molecule has 5 heteroatoms. The van der Waals surface area contributed by atoms with Crippen LogP contribution in [0.25, 0.3) is 22.1 Å². The van der Waals surface area contributed by atoms with Crippen LogP contribution in [-0.4, -0.2) is 25.8 Å². The molecule has 0 aliphatic heterocycles. The number of nitrogens with zero attached hydrogens (tertiary/aromatic N) is 4. The highest BCUT2D eigenvalue weighted by atomic mass is 16.1. The maximum atomic E-state index is 10.7. The summed E-state index contributed by atoms with van der Waals surface area (Å²) in [6.45, 7) is 0.679. The molecule has 0 radical (unpaired) electrons. The highest BCUT2D eigenvalue weighted by molar-refractivity contribution is 5.79. The molecule has 4 rings (SSSR count). The molecule has 4 aromatic rings. The lowest BCUT2D eigenvalue weighted by molar-refractivity contribution is -0.107. The number of hydrogen-bond acceptors (Lipinski definition) is 4. The van der Waals surface area contributed by atoms with Gasteiger partial charge in [-0.2, -0.15) is 0 Å². The van der Waals surface area contributed by atoms with Crippen LogP contribution in [0.5, 0.6) is 0 Å². The Morgan fingerprint density at radius 2 is 1.96 bits per heavy atom. The van der Waals surface area contributed by atoms with E-state index in [1.807, 2.05) is 28.8 Å². The molecular formula is C18H14N4O. The zero-order valence-corrected chi connectivity index (χ0v) is 12.4. The lowest BCUT2D eigenvalue weighted by Gasteiger charge is -2.06. The number of imidazole rings is 1. The van der Waals surface area contributed by atoms with Gasteiger partial charge in [-0.25, -0.2) is 9.97 Å². The summed E-state index contributed by atoms with van der Waals surface area (Å²) in [7, 11) is 0. The minimum absolute atomic E-state index is 0.322. The first-order valence-electron chi connectivity index (χ1n) is 7.41. The van der Waals surface area contributed by atoms with E-state index in [0.717, 1.165) is 39.6 Å². The summed E-state index contributed by atoms with van der Waals surface area (Å²) in [5.74, 6) is 0. The molecule has 0 aliphatic rings. The van der Waals surface area contributed by atoms with E-state index in [1.165, 1.54) is 0 Å². The van der Waals surface area contributed by atoms with Gasteiger partial charge in [0.2, 0.25) is 0 Å². The SMILES string of the molecule is O=CCc1ccc2ncn(Cc3ccc4ncccc4c3)c2n1. The summed E-state index contributed by atoms with van der Waals surface area (Å²) in [6, 6.07) is 14.0. The third-order valence-electron chi connectivity index (χ3n) is 3.83. The first-order valence-corrected chi connectivity index (χ1v) is 7.41. The Balaban J connectivity index is 1.73. The molecule has 112 valence electrons. The Labute approximate surface area is 132 Å². The van der Waals surface area contributed by atoms with E-state index >= 15 is 0 Å². The molecule has 0 aliphatic carbocycles. The molecule has 0 saturated heterocycles. The van der Waals surface area contributed by atoms with Gasteiger partial charge in [0, 0.05) is 18.0 Å². The van der Waals surface area contributed by atoms with Crippen molar-refractivity contribution in [3.63, 3.8) is 0 Å². The monoisotopic (exact) mass is 302 g/mol. The predicted octanol–water partition coefficient (Wildman–Crippen LogP) is 2.77. The highest BCUT2D eigenvalue weighted by Gasteiger charge is 2.07. The second-order valence-corrected chi connectivity index (χ2v) is 5.42. The molecule has 0 N–H and O–H groups in total. The average molecular weight is 302 g/mol. The second kappa shape index (κ2) is 5.61. The second-order valence-electron chi connectivity index (χ2n) is 5.42. The van der Waals surface area contributed by atoms with Crippen molar-refractivity contribution in [1.82, 2.24) is 19.5 Å². The van der Waals surface area contributed by atoms with Gasteiger partial charge in [-0.1, -0.05) is 12.1 Å². The quantitative estimate of drug-likeness (QED) is 0.544. The number of carbonyl (C=O) groups is 1. The molecule has 0 spiro atoms. The van der Waals surface area contributed by atoms with Gasteiger partial charge in [0.15, 0.2) is 5.65 Å². The van der Waals surface area contributed by atoms with Crippen molar-refractivity contribution in [1.29, 1.82) is 0 Å². The maximum Gasteiger partial charge on any atom is 0.160 e. The summed E-state index contributed by atoms with van der Waals surface area (Å²) in [4.78, 5) is 23.9. The van der Waals surface area contributed by atoms with Crippen molar-refractivity contribution >= 4 is 28.4 Å². The molecule has 0 unspecified atom stereocenters. The van der Waals surface area contributed by atoms with Crippen molar-refractivity contribution in [3.05, 3.63) is 66.2 Å². The molecule has 0 atom stereocenters. The lowest BCUT2D eigenvalue weighted by Crippen LogP contribution is -2.01. The van der Waals surface area contributed by atoms with Crippen LogP contribution in [0.2, 0.25) is 0 Å². The van der Waals surface area contributed by atoms with Crippen molar-refractivity contribution < 1.29 is 4.79 Å². The van der Waals surface area contributed by atoms with Gasteiger partial charge in [-0.05, 0) is 35.9 Å². The van der Waals surface area contributed by atoms with Crippen molar-refractivity contribution in [2.24, 2.45) is 0 Å². The van der Waals surface area contributed by atoms with E-state index < -0.39 is 0 Å². The third-order valence-corrected chi connectivity index (χ3v) is 3.83. The van der Waals surface area contributed by atoms with Crippen molar-refractivity contribution in [2.75, 3.05) is 0 Å². The molecule has 0 bridgehead atoms. The summed E-state index contributed by atoms with van der Waals surface area (Å²) in [5, 5.41) is 1.11. The molecule has 1 aromatic carbocycles. The number of benzene rings is 1. The van der Waals surface area contributed by atoms with Crippen molar-refractivity contribution in [2.45, 2.75) is 13.0 Å². The van der Waals surface area contributed by atoms with Gasteiger partial charge in [-0.15, -0.1) is 0 Å². The number of aromatic nitrogens is 4. The summed E-state index contributed by atoms with van der Waals surface area (Å²) >= 11 is 0. The molecule has 3 aromatic heterocycles. The topological polar surface area (TPSA) is 60.7 Å². The fourth-order valence-corrected chi connectivity index (χ4v) is 2.71. The first-order chi connectivity index (χ1) is 11.3. The van der Waals surface area contributed by atoms with E-state index in [-0.39, 0.29) is 0 Å². The zero-order valence-electron chi connectivity index (χ0n) is 12.4. The van der Waals surface area contributed by atoms with Crippen LogP contribution in [0.4, 0.5) is 0 Å². The minimum Gasteiger partial charge on any atom is -0.311 e. The van der Waals surface area contributed by atoms with Gasteiger partial charge < -0.3 is 9.36 Å². The highest BCUT2D eigenvalue weighted by Crippen LogP contribution is 2.17. The normalized spacial score (nSPS) is 11.1. The third kappa shape index (κ3) is 2.57. The van der Waals surface area contributed by atoms with Gasteiger partial charge in [0.05, 0.1) is 24.1 Å². The smallest absolute Gasteiger partial charge is 0.160 e. The van der Waals surface area contributed by atoms with Crippen LogP contribution in [-0.2, 0) is 17.8 Å². The van der Waals surface area contributed by atoms with Crippen LogP contribution < -0.4 is 0 Å². The zero-order chi connectivity index (χ0) is 15.6. The maximum absolute atomic E-state index is 10.7. The van der Waals surface area contributed by atoms with E-state index in [2.05, 4.69) is 33.2 Å². The number of aldehydes is 1. The van der Waals surface area contributed by atoms with Crippen LogP contribution in [0.15, 0.2) is 55.0 Å². The Kier molecular flexibility index (Phi) is 3.31. The molecule has 0 saturated carbocycles.